The highest BCUT2D eigenvalue weighted by Crippen LogP contribution is 2.41. The predicted octanol–water partition coefficient (Wildman–Crippen LogP) is 3.37. The summed E-state index contributed by atoms with van der Waals surface area (Å²) in [5, 5.41) is 14.4. The first-order valence-corrected chi connectivity index (χ1v) is 8.43. The minimum atomic E-state index is -0.902. The number of anilines is 1. The molecular weight excluding hydrogens is 364 g/mol. The molecule has 1 atom stereocenters. The first kappa shape index (κ1) is 17.6. The Hall–Kier alpha value is -3.81. The van der Waals surface area contributed by atoms with Gasteiger partial charge in [-0.15, -0.1) is 0 Å². The summed E-state index contributed by atoms with van der Waals surface area (Å²) in [6.45, 7) is 1.68. The van der Waals surface area contributed by atoms with Crippen LogP contribution >= 0.6 is 0 Å². The maximum Gasteiger partial charge on any atom is 0.295 e. The third-order valence-corrected chi connectivity index (χ3v) is 4.49. The number of aliphatic hydroxyl groups is 1. The number of aliphatic hydroxyl groups excluding tert-OH is 1. The fraction of sp³-hybridized carbons (Fsp3) is 0.150. The Morgan fingerprint density at radius 3 is 2.57 bits per heavy atom. The zero-order valence-corrected chi connectivity index (χ0v) is 15.1. The molecule has 142 valence electrons. The lowest BCUT2D eigenvalue weighted by molar-refractivity contribution is -0.117. The summed E-state index contributed by atoms with van der Waals surface area (Å²) in [6.07, 6.45) is 1.35. The van der Waals surface area contributed by atoms with Crippen molar-refractivity contribution in [3.05, 3.63) is 77.1 Å². The van der Waals surface area contributed by atoms with Gasteiger partial charge in [0.1, 0.15) is 11.5 Å². The Bertz CT molecular complexity index is 1060. The lowest BCUT2D eigenvalue weighted by Gasteiger charge is -2.24. The van der Waals surface area contributed by atoms with E-state index in [4.69, 9.17) is 13.7 Å². The number of benzene rings is 1. The lowest BCUT2D eigenvalue weighted by Crippen LogP contribution is -2.31. The molecule has 1 amide bonds. The second-order valence-corrected chi connectivity index (χ2v) is 6.22. The molecule has 2 aromatic heterocycles. The van der Waals surface area contributed by atoms with Crippen LogP contribution in [0.5, 0.6) is 5.75 Å². The highest BCUT2D eigenvalue weighted by molar-refractivity contribution is 6.19. The summed E-state index contributed by atoms with van der Waals surface area (Å²) in [5.74, 6) is -0.667. The van der Waals surface area contributed by atoms with Crippen LogP contribution in [0.25, 0.3) is 0 Å². The highest BCUT2D eigenvalue weighted by Gasteiger charge is 2.46. The van der Waals surface area contributed by atoms with Gasteiger partial charge in [0.25, 0.3) is 5.91 Å². The maximum absolute atomic E-state index is 13.0. The summed E-state index contributed by atoms with van der Waals surface area (Å²) in [5.41, 5.74) is 0.500. The van der Waals surface area contributed by atoms with Crippen LogP contribution in [0.1, 0.15) is 27.9 Å². The molecule has 0 unspecified atom stereocenters. The molecule has 0 radical (unpaired) electrons. The molecular formula is C20H16N2O6. The molecule has 3 aromatic rings. The van der Waals surface area contributed by atoms with Crippen LogP contribution in [0, 0.1) is 6.92 Å². The molecule has 1 aliphatic heterocycles. The molecule has 8 nitrogen and oxygen atoms in total. The van der Waals surface area contributed by atoms with Crippen molar-refractivity contribution in [2.45, 2.75) is 13.0 Å². The average molecular weight is 380 g/mol. The van der Waals surface area contributed by atoms with Crippen molar-refractivity contribution in [3.63, 3.8) is 0 Å². The van der Waals surface area contributed by atoms with E-state index in [0.717, 1.165) is 0 Å². The van der Waals surface area contributed by atoms with Crippen LogP contribution < -0.4 is 9.64 Å². The molecule has 0 saturated carbocycles. The van der Waals surface area contributed by atoms with Gasteiger partial charge in [-0.2, -0.15) is 0 Å². The number of ketones is 1. The number of aromatic nitrogens is 1. The number of Topliss-reactive ketones (excluding diaryl/α,β-unsaturated/α-hetero) is 1. The van der Waals surface area contributed by atoms with Gasteiger partial charge in [-0.05, 0) is 36.8 Å². The third kappa shape index (κ3) is 2.75. The van der Waals surface area contributed by atoms with Crippen molar-refractivity contribution in [2.75, 3.05) is 12.0 Å². The molecule has 28 heavy (non-hydrogen) atoms. The van der Waals surface area contributed by atoms with E-state index in [2.05, 4.69) is 5.16 Å². The normalized spacial score (nSPS) is 16.7. The standard InChI is InChI=1S/C20H16N2O6/c1-11-10-15(21-28-11)22-17(12-5-7-13(26-2)8-6-12)16(19(24)20(22)25)18(23)14-4-3-9-27-14/h3-10,17,24H,1-2H3/t17-/m0/s1. The Kier molecular flexibility index (Phi) is 4.23. The smallest absolute Gasteiger partial charge is 0.295 e. The van der Waals surface area contributed by atoms with Gasteiger partial charge in [0, 0.05) is 6.07 Å². The van der Waals surface area contributed by atoms with Crippen molar-refractivity contribution in [1.82, 2.24) is 5.16 Å². The van der Waals surface area contributed by atoms with Gasteiger partial charge in [0.2, 0.25) is 5.78 Å². The largest absolute Gasteiger partial charge is 0.503 e. The summed E-state index contributed by atoms with van der Waals surface area (Å²) in [4.78, 5) is 27.1. The second-order valence-electron chi connectivity index (χ2n) is 6.22. The number of carbonyl (C=O) groups excluding carboxylic acids is 2. The Balaban J connectivity index is 1.86. The van der Waals surface area contributed by atoms with Crippen LogP contribution in [-0.4, -0.2) is 29.1 Å². The molecule has 1 aliphatic rings. The molecule has 0 fully saturated rings. The van der Waals surface area contributed by atoms with Gasteiger partial charge in [0.15, 0.2) is 17.3 Å². The van der Waals surface area contributed by atoms with Gasteiger partial charge in [-0.1, -0.05) is 17.3 Å². The van der Waals surface area contributed by atoms with Crippen molar-refractivity contribution in [2.24, 2.45) is 0 Å². The fourth-order valence-corrected chi connectivity index (χ4v) is 3.18. The zero-order chi connectivity index (χ0) is 19.8. The molecule has 1 N–H and O–H groups in total. The maximum atomic E-state index is 13.0. The number of rotatable bonds is 5. The summed E-state index contributed by atoms with van der Waals surface area (Å²) >= 11 is 0. The Labute approximate surface area is 159 Å². The van der Waals surface area contributed by atoms with E-state index in [1.54, 1.807) is 43.3 Å². The third-order valence-electron chi connectivity index (χ3n) is 4.49. The van der Waals surface area contributed by atoms with Gasteiger partial charge in [-0.3, -0.25) is 14.5 Å². The molecule has 4 rings (SSSR count). The number of nitrogens with zero attached hydrogens (tertiary/aromatic N) is 2. The molecule has 0 aliphatic carbocycles. The molecule has 0 spiro atoms. The van der Waals surface area contributed by atoms with E-state index >= 15 is 0 Å². The van der Waals surface area contributed by atoms with Gasteiger partial charge < -0.3 is 18.8 Å². The van der Waals surface area contributed by atoms with E-state index in [0.29, 0.717) is 17.1 Å². The number of hydrogen-bond donors (Lipinski definition) is 1. The van der Waals surface area contributed by atoms with E-state index in [9.17, 15) is 14.7 Å². The van der Waals surface area contributed by atoms with Crippen LogP contribution in [-0.2, 0) is 4.79 Å². The fourth-order valence-electron chi connectivity index (χ4n) is 3.18. The molecule has 1 aromatic carbocycles. The van der Waals surface area contributed by atoms with E-state index in [-0.39, 0.29) is 17.2 Å². The number of methoxy groups -OCH3 is 1. The minimum absolute atomic E-state index is 0.0195. The average Bonchev–Trinajstić information content (AvgIpc) is 3.43. The van der Waals surface area contributed by atoms with Gasteiger partial charge >= 0.3 is 0 Å². The van der Waals surface area contributed by atoms with Crippen molar-refractivity contribution < 1.29 is 28.4 Å². The number of carbonyl (C=O) groups is 2. The van der Waals surface area contributed by atoms with Crippen LogP contribution in [0.3, 0.4) is 0 Å². The summed E-state index contributed by atoms with van der Waals surface area (Å²) < 4.78 is 15.4. The first-order chi connectivity index (χ1) is 13.5. The second kappa shape index (κ2) is 6.73. The Morgan fingerprint density at radius 1 is 1.25 bits per heavy atom. The minimum Gasteiger partial charge on any atom is -0.503 e. The monoisotopic (exact) mass is 380 g/mol. The molecule has 8 heteroatoms. The zero-order valence-electron chi connectivity index (χ0n) is 15.1. The van der Waals surface area contributed by atoms with Crippen LogP contribution in [0.15, 0.2) is 69.0 Å². The molecule has 0 bridgehead atoms. The quantitative estimate of drug-likeness (QED) is 0.676. The predicted molar refractivity (Wildman–Crippen MR) is 97.2 cm³/mol. The van der Waals surface area contributed by atoms with E-state index in [1.807, 2.05) is 0 Å². The number of amides is 1. The van der Waals surface area contributed by atoms with Gasteiger partial charge in [0.05, 0.1) is 25.0 Å². The van der Waals surface area contributed by atoms with Gasteiger partial charge in [-0.25, -0.2) is 0 Å². The number of aryl methyl sites for hydroxylation is 1. The highest BCUT2D eigenvalue weighted by atomic mass is 16.5. The molecule has 0 saturated heterocycles. The first-order valence-electron chi connectivity index (χ1n) is 8.43. The number of hydrogen-bond acceptors (Lipinski definition) is 7. The lowest BCUT2D eigenvalue weighted by atomic mass is 9.95. The Morgan fingerprint density at radius 2 is 2.00 bits per heavy atom. The van der Waals surface area contributed by atoms with Crippen LogP contribution in [0.4, 0.5) is 5.82 Å². The van der Waals surface area contributed by atoms with Crippen molar-refractivity contribution in [1.29, 1.82) is 0 Å². The molecule has 3 heterocycles. The number of furan rings is 1. The van der Waals surface area contributed by atoms with E-state index in [1.165, 1.54) is 24.3 Å². The summed E-state index contributed by atoms with van der Waals surface area (Å²) in [7, 11) is 1.54. The number of ether oxygens (including phenoxy) is 1. The van der Waals surface area contributed by atoms with Crippen molar-refractivity contribution >= 4 is 17.5 Å². The topological polar surface area (TPSA) is 106 Å². The summed E-state index contributed by atoms with van der Waals surface area (Å²) in [6, 6.07) is 10.5. The SMILES string of the molecule is COc1ccc([C@H]2C(C(=O)c3ccco3)=C(O)C(=O)N2c2cc(C)on2)cc1. The van der Waals surface area contributed by atoms with Crippen molar-refractivity contribution in [3.8, 4) is 5.75 Å². The van der Waals surface area contributed by atoms with E-state index < -0.39 is 23.5 Å². The van der Waals surface area contributed by atoms with Crippen LogP contribution in [0.2, 0.25) is 0 Å².